The molecule has 2 rings (SSSR count). The molecule has 0 aromatic heterocycles. The summed E-state index contributed by atoms with van der Waals surface area (Å²) in [5.74, 6) is 0.0938. The number of hydrogen-bond donors (Lipinski definition) is 2. The number of rotatable bonds is 5. The van der Waals surface area contributed by atoms with Crippen molar-refractivity contribution < 1.29 is 9.59 Å². The van der Waals surface area contributed by atoms with Gasteiger partial charge in [-0.25, -0.2) is 0 Å². The van der Waals surface area contributed by atoms with Crippen LogP contribution in [0.25, 0.3) is 0 Å². The molecule has 7 heteroatoms. The van der Waals surface area contributed by atoms with Crippen molar-refractivity contribution in [3.8, 4) is 0 Å². The van der Waals surface area contributed by atoms with Crippen molar-refractivity contribution in [2.45, 2.75) is 20.3 Å². The van der Waals surface area contributed by atoms with Crippen molar-refractivity contribution in [3.63, 3.8) is 0 Å². The van der Waals surface area contributed by atoms with Crippen LogP contribution in [0.2, 0.25) is 0 Å². The van der Waals surface area contributed by atoms with Gasteiger partial charge in [-0.2, -0.15) is 0 Å². The van der Waals surface area contributed by atoms with Crippen LogP contribution in [0.3, 0.4) is 0 Å². The van der Waals surface area contributed by atoms with Crippen LogP contribution in [0.1, 0.15) is 17.5 Å². The molecule has 3 N–H and O–H groups in total. The number of piperazine rings is 1. The summed E-state index contributed by atoms with van der Waals surface area (Å²) in [4.78, 5) is 27.9. The van der Waals surface area contributed by atoms with E-state index in [1.54, 1.807) is 0 Å². The Labute approximate surface area is 149 Å². The highest BCUT2D eigenvalue weighted by Gasteiger charge is 2.22. The van der Waals surface area contributed by atoms with Gasteiger partial charge < -0.3 is 16.0 Å². The second-order valence-electron chi connectivity index (χ2n) is 6.01. The van der Waals surface area contributed by atoms with Crippen LogP contribution in [-0.4, -0.2) is 60.9 Å². The molecule has 0 unspecified atom stereocenters. The summed E-state index contributed by atoms with van der Waals surface area (Å²) in [7, 11) is 0. The maximum Gasteiger partial charge on any atom is 0.238 e. The van der Waals surface area contributed by atoms with E-state index in [0.29, 0.717) is 32.6 Å². The quantitative estimate of drug-likeness (QED) is 0.831. The highest BCUT2D eigenvalue weighted by atomic mass is 35.5. The highest BCUT2D eigenvalue weighted by Crippen LogP contribution is 2.19. The molecule has 0 saturated carbocycles. The monoisotopic (exact) mass is 354 g/mol. The number of nitrogens with two attached hydrogens (primary N) is 1. The standard InChI is InChI=1S/C17H26N4O2.ClH/c1-13-4-3-5-14(2)17(13)19-15(22)12-20-8-10-21(11-9-20)16(23)6-7-18;/h3-5H,6-12,18H2,1-2H3,(H,19,22);1H. The van der Waals surface area contributed by atoms with Gasteiger partial charge in [0.2, 0.25) is 11.8 Å². The van der Waals surface area contributed by atoms with Crippen LogP contribution in [0.4, 0.5) is 5.69 Å². The molecular formula is C17H27ClN4O2. The lowest BCUT2D eigenvalue weighted by Crippen LogP contribution is -2.50. The predicted molar refractivity (Wildman–Crippen MR) is 98.5 cm³/mol. The lowest BCUT2D eigenvalue weighted by Gasteiger charge is -2.34. The Kier molecular flexibility index (Phi) is 8.18. The van der Waals surface area contributed by atoms with E-state index in [9.17, 15) is 9.59 Å². The minimum absolute atomic E-state index is 0. The van der Waals surface area contributed by atoms with Crippen molar-refractivity contribution in [3.05, 3.63) is 29.3 Å². The van der Waals surface area contributed by atoms with Crippen LogP contribution in [0.15, 0.2) is 18.2 Å². The molecule has 1 aliphatic rings. The van der Waals surface area contributed by atoms with Crippen LogP contribution >= 0.6 is 12.4 Å². The second-order valence-corrected chi connectivity index (χ2v) is 6.01. The number of para-hydroxylation sites is 1. The summed E-state index contributed by atoms with van der Waals surface area (Å²) in [5, 5.41) is 3.00. The summed E-state index contributed by atoms with van der Waals surface area (Å²) in [6.07, 6.45) is 0.396. The van der Waals surface area contributed by atoms with Crippen molar-refractivity contribution >= 4 is 29.9 Å². The van der Waals surface area contributed by atoms with Gasteiger partial charge in [0.05, 0.1) is 6.54 Å². The van der Waals surface area contributed by atoms with E-state index < -0.39 is 0 Å². The van der Waals surface area contributed by atoms with Crippen LogP contribution in [-0.2, 0) is 9.59 Å². The summed E-state index contributed by atoms with van der Waals surface area (Å²) in [6, 6.07) is 5.97. The SMILES string of the molecule is Cc1cccc(C)c1NC(=O)CN1CCN(C(=O)CCN)CC1.Cl. The van der Waals surface area contributed by atoms with Crippen LogP contribution in [0.5, 0.6) is 0 Å². The van der Waals surface area contributed by atoms with Gasteiger partial charge in [-0.1, -0.05) is 18.2 Å². The number of nitrogens with zero attached hydrogens (tertiary/aromatic N) is 2. The number of benzene rings is 1. The molecular weight excluding hydrogens is 328 g/mol. The molecule has 0 spiro atoms. The summed E-state index contributed by atoms with van der Waals surface area (Å²) < 4.78 is 0. The van der Waals surface area contributed by atoms with Gasteiger partial charge in [-0.3, -0.25) is 14.5 Å². The van der Waals surface area contributed by atoms with E-state index in [0.717, 1.165) is 29.9 Å². The summed E-state index contributed by atoms with van der Waals surface area (Å²) in [6.45, 7) is 7.48. The third-order valence-electron chi connectivity index (χ3n) is 4.20. The Morgan fingerprint density at radius 2 is 1.71 bits per heavy atom. The van der Waals surface area contributed by atoms with E-state index in [1.165, 1.54) is 0 Å². The molecule has 24 heavy (non-hydrogen) atoms. The molecule has 134 valence electrons. The first-order chi connectivity index (χ1) is 11.0. The molecule has 1 heterocycles. The molecule has 0 aliphatic carbocycles. The predicted octanol–water partition coefficient (Wildman–Crippen LogP) is 1.16. The largest absolute Gasteiger partial charge is 0.340 e. The van der Waals surface area contributed by atoms with Gasteiger partial charge in [-0.15, -0.1) is 12.4 Å². The lowest BCUT2D eigenvalue weighted by molar-refractivity contribution is -0.132. The summed E-state index contributed by atoms with van der Waals surface area (Å²) in [5.41, 5.74) is 8.44. The number of anilines is 1. The number of aryl methyl sites for hydroxylation is 2. The molecule has 6 nitrogen and oxygen atoms in total. The third-order valence-corrected chi connectivity index (χ3v) is 4.20. The summed E-state index contributed by atoms with van der Waals surface area (Å²) >= 11 is 0. The Morgan fingerprint density at radius 3 is 2.25 bits per heavy atom. The minimum atomic E-state index is -0.0101. The van der Waals surface area contributed by atoms with Gasteiger partial charge >= 0.3 is 0 Å². The van der Waals surface area contributed by atoms with Gasteiger partial charge in [-0.05, 0) is 25.0 Å². The molecule has 1 aromatic rings. The fourth-order valence-corrected chi connectivity index (χ4v) is 2.83. The molecule has 0 atom stereocenters. The normalized spacial score (nSPS) is 14.9. The zero-order chi connectivity index (χ0) is 16.8. The number of amides is 2. The van der Waals surface area contributed by atoms with Gasteiger partial charge in [0.1, 0.15) is 0 Å². The van der Waals surface area contributed by atoms with Gasteiger partial charge in [0.25, 0.3) is 0 Å². The number of halogens is 1. The first kappa shape index (κ1) is 20.4. The second kappa shape index (κ2) is 9.61. The van der Waals surface area contributed by atoms with Crippen LogP contribution in [0, 0.1) is 13.8 Å². The van der Waals surface area contributed by atoms with Crippen molar-refractivity contribution in [1.82, 2.24) is 9.80 Å². The first-order valence-corrected chi connectivity index (χ1v) is 8.07. The smallest absolute Gasteiger partial charge is 0.238 e. The average molecular weight is 355 g/mol. The molecule has 2 amide bonds. The fourth-order valence-electron chi connectivity index (χ4n) is 2.83. The lowest BCUT2D eigenvalue weighted by atomic mass is 10.1. The molecule has 1 aromatic carbocycles. The number of carbonyl (C=O) groups is 2. The van der Waals surface area contributed by atoms with Crippen molar-refractivity contribution in [1.29, 1.82) is 0 Å². The minimum Gasteiger partial charge on any atom is -0.340 e. The molecule has 0 radical (unpaired) electrons. The van der Waals surface area contributed by atoms with Crippen molar-refractivity contribution in [2.75, 3.05) is 44.6 Å². The zero-order valence-electron chi connectivity index (χ0n) is 14.4. The molecule has 1 aliphatic heterocycles. The number of nitrogens with one attached hydrogen (secondary N) is 1. The maximum atomic E-state index is 12.3. The molecule has 0 bridgehead atoms. The first-order valence-electron chi connectivity index (χ1n) is 8.07. The van der Waals surface area contributed by atoms with Gasteiger partial charge in [0, 0.05) is 44.8 Å². The number of hydrogen-bond acceptors (Lipinski definition) is 4. The fraction of sp³-hybridized carbons (Fsp3) is 0.529. The molecule has 1 fully saturated rings. The van der Waals surface area contributed by atoms with E-state index in [-0.39, 0.29) is 24.2 Å². The van der Waals surface area contributed by atoms with Crippen LogP contribution < -0.4 is 11.1 Å². The van der Waals surface area contributed by atoms with Gasteiger partial charge in [0.15, 0.2) is 0 Å². The van der Waals surface area contributed by atoms with E-state index in [1.807, 2.05) is 36.9 Å². The maximum absolute atomic E-state index is 12.3. The Bertz CT molecular complexity index is 551. The molecule has 1 saturated heterocycles. The average Bonchev–Trinajstić information content (AvgIpc) is 2.52. The topological polar surface area (TPSA) is 78.7 Å². The number of carbonyl (C=O) groups excluding carboxylic acids is 2. The Morgan fingerprint density at radius 1 is 1.12 bits per heavy atom. The third kappa shape index (κ3) is 5.47. The zero-order valence-corrected chi connectivity index (χ0v) is 15.2. The Hall–Kier alpha value is -1.63. The Balaban J connectivity index is 0.00000288. The highest BCUT2D eigenvalue weighted by molar-refractivity contribution is 5.93. The van der Waals surface area contributed by atoms with Crippen molar-refractivity contribution in [2.24, 2.45) is 5.73 Å². The van der Waals surface area contributed by atoms with E-state index >= 15 is 0 Å². The van der Waals surface area contributed by atoms with E-state index in [4.69, 9.17) is 5.73 Å². The van der Waals surface area contributed by atoms with E-state index in [2.05, 4.69) is 10.2 Å².